The Kier molecular flexibility index (Phi) is 7.67. The molecule has 1 saturated carbocycles. The van der Waals surface area contributed by atoms with Crippen molar-refractivity contribution in [3.05, 3.63) is 35.6 Å². The predicted octanol–water partition coefficient (Wildman–Crippen LogP) is 3.85. The number of benzene rings is 1. The Hall–Kier alpha value is -1.67. The Balaban J connectivity index is 2.10. The smallest absolute Gasteiger partial charge is 0.396 e. The van der Waals surface area contributed by atoms with Crippen molar-refractivity contribution in [2.75, 3.05) is 19.7 Å². The summed E-state index contributed by atoms with van der Waals surface area (Å²) in [6, 6.07) is 5.08. The Labute approximate surface area is 169 Å². The van der Waals surface area contributed by atoms with E-state index in [1.165, 1.54) is 12.1 Å². The number of nitrogens with zero attached hydrogens (tertiary/aromatic N) is 1. The van der Waals surface area contributed by atoms with Gasteiger partial charge >= 0.3 is 12.1 Å². The molecule has 2 rings (SSSR count). The minimum absolute atomic E-state index is 0.0624. The molecule has 0 heterocycles. The predicted molar refractivity (Wildman–Crippen MR) is 103 cm³/mol. The van der Waals surface area contributed by atoms with Crippen molar-refractivity contribution in [2.24, 2.45) is 5.92 Å². The molecular weight excluding hydrogens is 388 g/mol. The summed E-state index contributed by atoms with van der Waals surface area (Å²) in [6.45, 7) is 6.34. The van der Waals surface area contributed by atoms with Gasteiger partial charge in [0.2, 0.25) is 0 Å². The van der Waals surface area contributed by atoms with Crippen molar-refractivity contribution in [3.63, 3.8) is 0 Å². The molecule has 0 spiro atoms. The summed E-state index contributed by atoms with van der Waals surface area (Å²) in [6.07, 6.45) is -3.67. The van der Waals surface area contributed by atoms with Crippen molar-refractivity contribution in [1.29, 1.82) is 0 Å². The highest BCUT2D eigenvalue weighted by atomic mass is 19.4. The molecule has 1 aliphatic carbocycles. The molecule has 8 heteroatoms. The highest BCUT2D eigenvalue weighted by Crippen LogP contribution is 2.46. The van der Waals surface area contributed by atoms with E-state index in [-0.39, 0.29) is 30.5 Å². The minimum Gasteiger partial charge on any atom is -0.396 e. The van der Waals surface area contributed by atoms with Gasteiger partial charge in [-0.25, -0.2) is 4.39 Å². The van der Waals surface area contributed by atoms with E-state index in [0.717, 1.165) is 10.5 Å². The van der Waals surface area contributed by atoms with Crippen LogP contribution in [0.2, 0.25) is 0 Å². The largest absolute Gasteiger partial charge is 0.471 e. The van der Waals surface area contributed by atoms with E-state index in [4.69, 9.17) is 0 Å². The fourth-order valence-electron chi connectivity index (χ4n) is 3.56. The van der Waals surface area contributed by atoms with E-state index in [1.54, 1.807) is 12.1 Å². The van der Waals surface area contributed by atoms with Gasteiger partial charge in [0.25, 0.3) is 0 Å². The van der Waals surface area contributed by atoms with Crippen LogP contribution in [0.3, 0.4) is 0 Å². The molecule has 0 radical (unpaired) electrons. The summed E-state index contributed by atoms with van der Waals surface area (Å²) in [5.74, 6) is -2.75. The highest BCUT2D eigenvalue weighted by molar-refractivity contribution is 5.82. The second kappa shape index (κ2) is 9.43. The fraction of sp³-hybridized carbons (Fsp3) is 0.667. The van der Waals surface area contributed by atoms with E-state index >= 15 is 0 Å². The van der Waals surface area contributed by atoms with E-state index in [0.29, 0.717) is 25.8 Å². The fourth-order valence-corrected chi connectivity index (χ4v) is 3.56. The van der Waals surface area contributed by atoms with Gasteiger partial charge in [0.15, 0.2) is 0 Å². The molecule has 29 heavy (non-hydrogen) atoms. The van der Waals surface area contributed by atoms with Gasteiger partial charge in [0.05, 0.1) is 0 Å². The zero-order valence-electron chi connectivity index (χ0n) is 17.1. The van der Waals surface area contributed by atoms with Crippen LogP contribution in [0.25, 0.3) is 0 Å². The average molecular weight is 418 g/mol. The lowest BCUT2D eigenvalue weighted by molar-refractivity contribution is -0.186. The standard InChI is InChI=1S/C21H30F4N2O2/c1-20(2,3)26-10-8-14(9-11-28)13-27(19(29)21(23,24)25)18-12-17(18)15-4-6-16(22)7-5-15/h4-7,14,17-18,26,28H,8-13H2,1-3H3. The van der Waals surface area contributed by atoms with E-state index in [1.807, 2.05) is 20.8 Å². The molecule has 0 aliphatic heterocycles. The maximum Gasteiger partial charge on any atom is 0.471 e. The van der Waals surface area contributed by atoms with Gasteiger partial charge in [0, 0.05) is 30.7 Å². The monoisotopic (exact) mass is 418 g/mol. The van der Waals surface area contributed by atoms with Gasteiger partial charge in [-0.3, -0.25) is 4.79 Å². The van der Waals surface area contributed by atoms with Crippen molar-refractivity contribution in [2.45, 2.75) is 63.7 Å². The average Bonchev–Trinajstić information content (AvgIpc) is 3.38. The highest BCUT2D eigenvalue weighted by Gasteiger charge is 2.52. The number of aliphatic hydroxyl groups is 1. The van der Waals surface area contributed by atoms with Crippen LogP contribution in [0.4, 0.5) is 17.6 Å². The zero-order chi connectivity index (χ0) is 21.8. The summed E-state index contributed by atoms with van der Waals surface area (Å²) in [5, 5.41) is 12.6. The SMILES string of the molecule is CC(C)(C)NCCC(CCO)CN(C(=O)C(F)(F)F)C1CC1c1ccc(F)cc1. The Morgan fingerprint density at radius 2 is 1.83 bits per heavy atom. The van der Waals surface area contributed by atoms with E-state index in [2.05, 4.69) is 5.32 Å². The number of hydrogen-bond donors (Lipinski definition) is 2. The third kappa shape index (κ3) is 7.26. The van der Waals surface area contributed by atoms with Crippen LogP contribution in [-0.4, -0.2) is 53.4 Å². The number of halogens is 4. The first-order valence-corrected chi connectivity index (χ1v) is 9.91. The third-order valence-electron chi connectivity index (χ3n) is 5.16. The molecule has 1 aliphatic rings. The first-order valence-electron chi connectivity index (χ1n) is 9.91. The first-order chi connectivity index (χ1) is 13.4. The molecule has 1 aromatic rings. The molecule has 4 nitrogen and oxygen atoms in total. The molecule has 3 atom stereocenters. The van der Waals surface area contributed by atoms with Crippen molar-refractivity contribution in [1.82, 2.24) is 10.2 Å². The third-order valence-corrected chi connectivity index (χ3v) is 5.16. The van der Waals surface area contributed by atoms with Crippen LogP contribution in [0.1, 0.15) is 51.5 Å². The van der Waals surface area contributed by atoms with Crippen LogP contribution < -0.4 is 5.32 Å². The Morgan fingerprint density at radius 3 is 2.34 bits per heavy atom. The molecule has 2 N–H and O–H groups in total. The second-order valence-corrected chi connectivity index (χ2v) is 8.76. The Morgan fingerprint density at radius 1 is 1.21 bits per heavy atom. The molecule has 0 saturated heterocycles. The van der Waals surface area contributed by atoms with Crippen LogP contribution in [0, 0.1) is 11.7 Å². The molecule has 164 valence electrons. The van der Waals surface area contributed by atoms with E-state index < -0.39 is 23.9 Å². The number of rotatable bonds is 9. The van der Waals surface area contributed by atoms with Crippen LogP contribution >= 0.6 is 0 Å². The van der Waals surface area contributed by atoms with Gasteiger partial charge in [-0.1, -0.05) is 12.1 Å². The molecule has 1 fully saturated rings. The Bertz CT molecular complexity index is 671. The maximum absolute atomic E-state index is 13.2. The van der Waals surface area contributed by atoms with Crippen molar-refractivity contribution < 1.29 is 27.5 Å². The number of aliphatic hydroxyl groups excluding tert-OH is 1. The number of alkyl halides is 3. The lowest BCUT2D eigenvalue weighted by Crippen LogP contribution is -2.46. The van der Waals surface area contributed by atoms with Crippen LogP contribution in [0.15, 0.2) is 24.3 Å². The topological polar surface area (TPSA) is 52.6 Å². The lowest BCUT2D eigenvalue weighted by atomic mass is 9.99. The maximum atomic E-state index is 13.2. The van der Waals surface area contributed by atoms with Gasteiger partial charge in [-0.15, -0.1) is 0 Å². The summed E-state index contributed by atoms with van der Waals surface area (Å²) in [4.78, 5) is 13.0. The molecule has 1 aromatic carbocycles. The summed E-state index contributed by atoms with van der Waals surface area (Å²) in [5.41, 5.74) is 0.597. The van der Waals surface area contributed by atoms with Gasteiger partial charge < -0.3 is 15.3 Å². The number of nitrogens with one attached hydrogen (secondary N) is 1. The number of carbonyl (C=O) groups excluding carboxylic acids is 1. The number of hydrogen-bond acceptors (Lipinski definition) is 3. The minimum atomic E-state index is -4.95. The van der Waals surface area contributed by atoms with Crippen LogP contribution in [0.5, 0.6) is 0 Å². The van der Waals surface area contributed by atoms with E-state index in [9.17, 15) is 27.5 Å². The molecule has 0 bridgehead atoms. The summed E-state index contributed by atoms with van der Waals surface area (Å²) >= 11 is 0. The van der Waals surface area contributed by atoms with Crippen molar-refractivity contribution >= 4 is 5.91 Å². The normalized spacial score (nSPS) is 20.4. The molecule has 3 unspecified atom stereocenters. The van der Waals surface area contributed by atoms with Crippen LogP contribution in [-0.2, 0) is 4.79 Å². The molecule has 0 aromatic heterocycles. The lowest BCUT2D eigenvalue weighted by Gasteiger charge is -2.30. The van der Waals surface area contributed by atoms with Crippen molar-refractivity contribution in [3.8, 4) is 0 Å². The zero-order valence-corrected chi connectivity index (χ0v) is 17.1. The van der Waals surface area contributed by atoms with Gasteiger partial charge in [-0.05, 0) is 70.2 Å². The summed E-state index contributed by atoms with van der Waals surface area (Å²) in [7, 11) is 0. The number of amides is 1. The second-order valence-electron chi connectivity index (χ2n) is 8.76. The first kappa shape index (κ1) is 23.6. The number of carbonyl (C=O) groups is 1. The van der Waals surface area contributed by atoms with Gasteiger partial charge in [-0.2, -0.15) is 13.2 Å². The molecular formula is C21H30F4N2O2. The molecule has 1 amide bonds. The summed E-state index contributed by atoms with van der Waals surface area (Å²) < 4.78 is 52.8. The van der Waals surface area contributed by atoms with Gasteiger partial charge in [0.1, 0.15) is 5.82 Å². The quantitative estimate of drug-likeness (QED) is 0.599.